The minimum atomic E-state index is -0.598. The van der Waals surface area contributed by atoms with Crippen LogP contribution in [0.4, 0.5) is 0 Å². The Hall–Kier alpha value is -1.38. The Kier molecular flexibility index (Phi) is 4.96. The van der Waals surface area contributed by atoms with E-state index >= 15 is 0 Å². The van der Waals surface area contributed by atoms with Crippen molar-refractivity contribution in [1.29, 1.82) is 5.26 Å². The SMILES string of the molecule is CCN(CCC#N)C(=O)C(N)c1cccs1. The lowest BCUT2D eigenvalue weighted by Gasteiger charge is -2.22. The molecule has 0 bridgehead atoms. The third-order valence-corrected chi connectivity index (χ3v) is 3.26. The van der Waals surface area contributed by atoms with E-state index in [4.69, 9.17) is 11.0 Å². The van der Waals surface area contributed by atoms with E-state index in [1.165, 1.54) is 11.3 Å². The molecule has 0 saturated carbocycles. The van der Waals surface area contributed by atoms with Gasteiger partial charge in [-0.25, -0.2) is 0 Å². The molecule has 1 aromatic heterocycles. The Bertz CT molecular complexity index is 369. The van der Waals surface area contributed by atoms with E-state index in [9.17, 15) is 4.79 Å². The molecule has 0 aliphatic rings. The molecule has 1 rings (SSSR count). The molecule has 0 radical (unpaired) electrons. The highest BCUT2D eigenvalue weighted by atomic mass is 32.1. The number of carbonyl (C=O) groups is 1. The number of likely N-dealkylation sites (N-methyl/N-ethyl adjacent to an activating group) is 1. The molecule has 0 spiro atoms. The van der Waals surface area contributed by atoms with Gasteiger partial charge in [0.15, 0.2) is 0 Å². The summed E-state index contributed by atoms with van der Waals surface area (Å²) in [5.41, 5.74) is 5.87. The predicted octanol–water partition coefficient (Wildman–Crippen LogP) is 1.51. The Balaban J connectivity index is 2.65. The van der Waals surface area contributed by atoms with Crippen LogP contribution in [-0.2, 0) is 4.79 Å². The second kappa shape index (κ2) is 6.26. The minimum Gasteiger partial charge on any atom is -0.340 e. The molecule has 16 heavy (non-hydrogen) atoms. The largest absolute Gasteiger partial charge is 0.340 e. The molecule has 1 aromatic rings. The molecule has 1 unspecified atom stereocenters. The van der Waals surface area contributed by atoms with Crippen molar-refractivity contribution >= 4 is 17.2 Å². The Morgan fingerprint density at radius 3 is 3.00 bits per heavy atom. The molecule has 5 heteroatoms. The summed E-state index contributed by atoms with van der Waals surface area (Å²) < 4.78 is 0. The maximum atomic E-state index is 12.0. The second-order valence-electron chi connectivity index (χ2n) is 3.32. The summed E-state index contributed by atoms with van der Waals surface area (Å²) in [4.78, 5) is 14.5. The zero-order valence-corrected chi connectivity index (χ0v) is 10.0. The van der Waals surface area contributed by atoms with E-state index in [0.717, 1.165) is 4.88 Å². The molecule has 1 atom stereocenters. The predicted molar refractivity (Wildman–Crippen MR) is 63.7 cm³/mol. The van der Waals surface area contributed by atoms with Crippen LogP contribution >= 0.6 is 11.3 Å². The average Bonchev–Trinajstić information content (AvgIpc) is 2.82. The van der Waals surface area contributed by atoms with Gasteiger partial charge >= 0.3 is 0 Å². The molecule has 86 valence electrons. The molecular formula is C11H15N3OS. The fourth-order valence-electron chi connectivity index (χ4n) is 1.40. The van der Waals surface area contributed by atoms with Crippen molar-refractivity contribution in [3.05, 3.63) is 22.4 Å². The van der Waals surface area contributed by atoms with E-state index in [0.29, 0.717) is 19.5 Å². The van der Waals surface area contributed by atoms with Gasteiger partial charge in [0.05, 0.1) is 12.5 Å². The van der Waals surface area contributed by atoms with Crippen LogP contribution in [-0.4, -0.2) is 23.9 Å². The number of hydrogen-bond donors (Lipinski definition) is 1. The van der Waals surface area contributed by atoms with Crippen LogP contribution in [0.5, 0.6) is 0 Å². The van der Waals surface area contributed by atoms with Gasteiger partial charge in [0.1, 0.15) is 6.04 Å². The summed E-state index contributed by atoms with van der Waals surface area (Å²) in [6.07, 6.45) is 0.344. The van der Waals surface area contributed by atoms with E-state index in [-0.39, 0.29) is 5.91 Å². The maximum absolute atomic E-state index is 12.0. The molecule has 2 N–H and O–H groups in total. The van der Waals surface area contributed by atoms with Crippen molar-refractivity contribution in [3.63, 3.8) is 0 Å². The van der Waals surface area contributed by atoms with E-state index in [2.05, 4.69) is 0 Å². The normalized spacial score (nSPS) is 11.8. The first-order valence-electron chi connectivity index (χ1n) is 5.15. The van der Waals surface area contributed by atoms with Crippen LogP contribution in [0.2, 0.25) is 0 Å². The van der Waals surface area contributed by atoms with Crippen molar-refractivity contribution in [1.82, 2.24) is 4.90 Å². The highest BCUT2D eigenvalue weighted by molar-refractivity contribution is 7.10. The summed E-state index contributed by atoms with van der Waals surface area (Å²) in [6, 6.07) is 5.16. The van der Waals surface area contributed by atoms with Gasteiger partial charge in [-0.2, -0.15) is 5.26 Å². The quantitative estimate of drug-likeness (QED) is 0.843. The van der Waals surface area contributed by atoms with E-state index < -0.39 is 6.04 Å². The van der Waals surface area contributed by atoms with Crippen LogP contribution < -0.4 is 5.73 Å². The highest BCUT2D eigenvalue weighted by Crippen LogP contribution is 2.18. The summed E-state index contributed by atoms with van der Waals surface area (Å²) >= 11 is 1.47. The maximum Gasteiger partial charge on any atom is 0.244 e. The summed E-state index contributed by atoms with van der Waals surface area (Å²) in [5, 5.41) is 10.4. The lowest BCUT2D eigenvalue weighted by Crippen LogP contribution is -2.38. The summed E-state index contributed by atoms with van der Waals surface area (Å²) in [5.74, 6) is -0.111. The number of rotatable bonds is 5. The smallest absolute Gasteiger partial charge is 0.244 e. The van der Waals surface area contributed by atoms with Gasteiger partial charge in [0, 0.05) is 18.0 Å². The third kappa shape index (κ3) is 3.05. The fourth-order valence-corrected chi connectivity index (χ4v) is 2.11. The van der Waals surface area contributed by atoms with Gasteiger partial charge in [-0.05, 0) is 18.4 Å². The molecule has 0 aromatic carbocycles. The standard InChI is InChI=1S/C11H15N3OS/c1-2-14(7-4-6-12)11(15)10(13)9-5-3-8-16-9/h3,5,8,10H,2,4,7,13H2,1H3. The first-order valence-corrected chi connectivity index (χ1v) is 6.03. The van der Waals surface area contributed by atoms with E-state index in [1.807, 2.05) is 30.5 Å². The number of thiophene rings is 1. The van der Waals surface area contributed by atoms with Crippen LogP contribution in [0.3, 0.4) is 0 Å². The Morgan fingerprint density at radius 1 is 1.75 bits per heavy atom. The molecule has 1 heterocycles. The Morgan fingerprint density at radius 2 is 2.50 bits per heavy atom. The number of nitrogens with two attached hydrogens (primary N) is 1. The van der Waals surface area contributed by atoms with Crippen molar-refractivity contribution in [2.75, 3.05) is 13.1 Å². The van der Waals surface area contributed by atoms with Gasteiger partial charge in [-0.15, -0.1) is 11.3 Å². The molecule has 0 aliphatic heterocycles. The number of carbonyl (C=O) groups excluding carboxylic acids is 1. The minimum absolute atomic E-state index is 0.111. The average molecular weight is 237 g/mol. The lowest BCUT2D eigenvalue weighted by atomic mass is 10.2. The van der Waals surface area contributed by atoms with Crippen LogP contribution in [0, 0.1) is 11.3 Å². The molecule has 0 fully saturated rings. The molecule has 0 aliphatic carbocycles. The van der Waals surface area contributed by atoms with Crippen molar-refractivity contribution in [2.24, 2.45) is 5.73 Å². The molecule has 1 amide bonds. The topological polar surface area (TPSA) is 70.1 Å². The Labute approximate surface area is 99.3 Å². The molecular weight excluding hydrogens is 222 g/mol. The highest BCUT2D eigenvalue weighted by Gasteiger charge is 2.21. The van der Waals surface area contributed by atoms with Crippen LogP contribution in [0.15, 0.2) is 17.5 Å². The number of nitrogens with zero attached hydrogens (tertiary/aromatic N) is 2. The number of amides is 1. The van der Waals surface area contributed by atoms with Crippen LogP contribution in [0.1, 0.15) is 24.3 Å². The van der Waals surface area contributed by atoms with Gasteiger partial charge < -0.3 is 10.6 Å². The van der Waals surface area contributed by atoms with Gasteiger partial charge in [-0.3, -0.25) is 4.79 Å². The third-order valence-electron chi connectivity index (χ3n) is 2.30. The van der Waals surface area contributed by atoms with Crippen molar-refractivity contribution in [2.45, 2.75) is 19.4 Å². The number of hydrogen-bond acceptors (Lipinski definition) is 4. The zero-order valence-electron chi connectivity index (χ0n) is 9.22. The van der Waals surface area contributed by atoms with E-state index in [1.54, 1.807) is 4.90 Å². The monoisotopic (exact) mass is 237 g/mol. The van der Waals surface area contributed by atoms with Crippen molar-refractivity contribution < 1.29 is 4.79 Å². The summed E-state index contributed by atoms with van der Waals surface area (Å²) in [7, 11) is 0. The fraction of sp³-hybridized carbons (Fsp3) is 0.455. The summed E-state index contributed by atoms with van der Waals surface area (Å²) in [6.45, 7) is 2.92. The zero-order chi connectivity index (χ0) is 12.0. The van der Waals surface area contributed by atoms with Gasteiger partial charge in [-0.1, -0.05) is 6.07 Å². The van der Waals surface area contributed by atoms with Crippen LogP contribution in [0.25, 0.3) is 0 Å². The van der Waals surface area contributed by atoms with Crippen molar-refractivity contribution in [3.8, 4) is 6.07 Å². The molecule has 0 saturated heterocycles. The molecule has 4 nitrogen and oxygen atoms in total. The first kappa shape index (κ1) is 12.7. The first-order chi connectivity index (χ1) is 7.70. The van der Waals surface area contributed by atoms with Gasteiger partial charge in [0.25, 0.3) is 0 Å². The van der Waals surface area contributed by atoms with Gasteiger partial charge in [0.2, 0.25) is 5.91 Å². The second-order valence-corrected chi connectivity index (χ2v) is 4.30. The lowest BCUT2D eigenvalue weighted by molar-refractivity contribution is -0.132. The number of nitriles is 1.